The quantitative estimate of drug-likeness (QED) is 0.669. The third-order valence-electron chi connectivity index (χ3n) is 3.31. The summed E-state index contributed by atoms with van der Waals surface area (Å²) in [5.74, 6) is -0.704. The Morgan fingerprint density at radius 2 is 2.00 bits per heavy atom. The van der Waals surface area contributed by atoms with Gasteiger partial charge in [-0.15, -0.1) is 0 Å². The largest absolute Gasteiger partial charge is 0.480 e. The van der Waals surface area contributed by atoms with E-state index in [0.717, 1.165) is 26.1 Å². The summed E-state index contributed by atoms with van der Waals surface area (Å²) in [6.07, 6.45) is 4.65. The van der Waals surface area contributed by atoms with Crippen molar-refractivity contribution in [3.05, 3.63) is 0 Å². The minimum atomic E-state index is -0.704. The molecule has 80 valence electrons. The number of carbonyl (C=O) groups is 1. The molecule has 2 rings (SSSR count). The van der Waals surface area contributed by atoms with E-state index in [4.69, 9.17) is 5.11 Å². The molecule has 0 amide bonds. The summed E-state index contributed by atoms with van der Waals surface area (Å²) in [4.78, 5) is 13.2. The highest BCUT2D eigenvalue weighted by atomic mass is 16.4. The summed E-state index contributed by atoms with van der Waals surface area (Å²) in [6, 6.07) is 0.137. The second-order valence-corrected chi connectivity index (χ2v) is 4.29. The van der Waals surface area contributed by atoms with Crippen LogP contribution in [0.3, 0.4) is 0 Å². The first-order valence-electron chi connectivity index (χ1n) is 5.47. The Kier molecular flexibility index (Phi) is 3.03. The van der Waals surface area contributed by atoms with E-state index in [1.54, 1.807) is 0 Å². The molecule has 0 saturated carbocycles. The zero-order chi connectivity index (χ0) is 9.97. The van der Waals surface area contributed by atoms with Crippen molar-refractivity contribution in [3.63, 3.8) is 0 Å². The second-order valence-electron chi connectivity index (χ2n) is 4.29. The lowest BCUT2D eigenvalue weighted by molar-refractivity contribution is -0.139. The predicted molar refractivity (Wildman–Crippen MR) is 53.3 cm³/mol. The van der Waals surface area contributed by atoms with E-state index in [-0.39, 0.29) is 6.04 Å². The number of carboxylic acids is 1. The molecule has 0 aromatic rings. The molecular weight excluding hydrogens is 180 g/mol. The molecule has 0 unspecified atom stereocenters. The molecule has 0 bridgehead atoms. The van der Waals surface area contributed by atoms with Gasteiger partial charge in [0.05, 0.1) is 0 Å². The smallest absolute Gasteiger partial charge is 0.320 e. The molecule has 0 aromatic carbocycles. The molecule has 0 aromatic heterocycles. The molecule has 2 aliphatic rings. The highest BCUT2D eigenvalue weighted by Gasteiger charge is 2.32. The van der Waals surface area contributed by atoms with Gasteiger partial charge in [0.25, 0.3) is 0 Å². The van der Waals surface area contributed by atoms with Gasteiger partial charge in [-0.1, -0.05) is 6.42 Å². The Morgan fingerprint density at radius 3 is 2.57 bits per heavy atom. The Morgan fingerprint density at radius 1 is 1.29 bits per heavy atom. The number of nitrogens with zero attached hydrogens (tertiary/aromatic N) is 1. The molecule has 14 heavy (non-hydrogen) atoms. The van der Waals surface area contributed by atoms with Crippen LogP contribution in [-0.2, 0) is 4.79 Å². The number of nitrogens with one attached hydrogen (secondary N) is 1. The van der Waals surface area contributed by atoms with Crippen molar-refractivity contribution < 1.29 is 9.90 Å². The Bertz CT molecular complexity index is 214. The van der Waals surface area contributed by atoms with Gasteiger partial charge in [-0.2, -0.15) is 0 Å². The molecule has 0 radical (unpaired) electrons. The molecular formula is C10H18N2O2. The highest BCUT2D eigenvalue weighted by Crippen LogP contribution is 2.18. The van der Waals surface area contributed by atoms with Gasteiger partial charge in [0.1, 0.15) is 6.04 Å². The average Bonchev–Trinajstić information content (AvgIpc) is 2.68. The van der Waals surface area contributed by atoms with E-state index in [1.165, 1.54) is 19.3 Å². The fourth-order valence-electron chi connectivity index (χ4n) is 2.47. The fourth-order valence-corrected chi connectivity index (χ4v) is 2.47. The van der Waals surface area contributed by atoms with Crippen LogP contribution >= 0.6 is 0 Å². The van der Waals surface area contributed by atoms with Crippen molar-refractivity contribution in [3.8, 4) is 0 Å². The number of hydrogen-bond acceptors (Lipinski definition) is 3. The lowest BCUT2D eigenvalue weighted by Gasteiger charge is -2.31. The standard InChI is InChI=1S/C10H18N2O2/c13-10(14)9-6-8(7-11-9)12-4-2-1-3-5-12/h8-9,11H,1-7H2,(H,13,14)/t8-,9+/m1/s1. The number of carboxylic acid groups (broad SMARTS) is 1. The first-order valence-corrected chi connectivity index (χ1v) is 5.47. The van der Waals surface area contributed by atoms with Crippen LogP contribution in [0, 0.1) is 0 Å². The minimum absolute atomic E-state index is 0.318. The first kappa shape index (κ1) is 9.93. The number of hydrogen-bond donors (Lipinski definition) is 2. The maximum Gasteiger partial charge on any atom is 0.320 e. The van der Waals surface area contributed by atoms with Crippen LogP contribution in [0.4, 0.5) is 0 Å². The van der Waals surface area contributed by atoms with E-state index < -0.39 is 5.97 Å². The molecule has 2 atom stereocenters. The van der Waals surface area contributed by atoms with Gasteiger partial charge < -0.3 is 10.4 Å². The molecule has 2 aliphatic heterocycles. The molecule has 2 saturated heterocycles. The molecule has 0 spiro atoms. The number of likely N-dealkylation sites (tertiary alicyclic amines) is 1. The lowest BCUT2D eigenvalue weighted by atomic mass is 10.1. The number of rotatable bonds is 2. The van der Waals surface area contributed by atoms with Crippen molar-refractivity contribution in [2.75, 3.05) is 19.6 Å². The third-order valence-corrected chi connectivity index (χ3v) is 3.31. The maximum absolute atomic E-state index is 10.7. The van der Waals surface area contributed by atoms with Crippen molar-refractivity contribution >= 4 is 5.97 Å². The van der Waals surface area contributed by atoms with Crippen LogP contribution in [0.2, 0.25) is 0 Å². The zero-order valence-electron chi connectivity index (χ0n) is 8.41. The Balaban J connectivity index is 1.85. The van der Waals surface area contributed by atoms with E-state index in [0.29, 0.717) is 6.04 Å². The molecule has 2 heterocycles. The van der Waals surface area contributed by atoms with E-state index in [9.17, 15) is 4.79 Å². The van der Waals surface area contributed by atoms with Gasteiger partial charge in [-0.3, -0.25) is 9.69 Å². The van der Waals surface area contributed by atoms with E-state index in [2.05, 4.69) is 10.2 Å². The summed E-state index contributed by atoms with van der Waals surface area (Å²) in [6.45, 7) is 3.15. The van der Waals surface area contributed by atoms with Gasteiger partial charge in [-0.25, -0.2) is 0 Å². The van der Waals surface area contributed by atoms with Crippen molar-refractivity contribution in [1.29, 1.82) is 0 Å². The van der Waals surface area contributed by atoms with Crippen molar-refractivity contribution in [1.82, 2.24) is 10.2 Å². The highest BCUT2D eigenvalue weighted by molar-refractivity contribution is 5.73. The first-order chi connectivity index (χ1) is 6.77. The van der Waals surface area contributed by atoms with Crippen LogP contribution < -0.4 is 5.32 Å². The molecule has 4 nitrogen and oxygen atoms in total. The van der Waals surface area contributed by atoms with Crippen LogP contribution in [0.25, 0.3) is 0 Å². The number of piperidine rings is 1. The van der Waals surface area contributed by atoms with Crippen LogP contribution in [0.15, 0.2) is 0 Å². The van der Waals surface area contributed by atoms with Crippen LogP contribution in [0.5, 0.6) is 0 Å². The minimum Gasteiger partial charge on any atom is -0.480 e. The van der Waals surface area contributed by atoms with Crippen LogP contribution in [0.1, 0.15) is 25.7 Å². The normalized spacial score (nSPS) is 34.6. The maximum atomic E-state index is 10.7. The van der Waals surface area contributed by atoms with Gasteiger partial charge in [0.2, 0.25) is 0 Å². The number of aliphatic carboxylic acids is 1. The molecule has 2 N–H and O–H groups in total. The summed E-state index contributed by atoms with van der Waals surface area (Å²) in [5, 5.41) is 11.9. The van der Waals surface area contributed by atoms with Gasteiger partial charge in [0, 0.05) is 12.6 Å². The summed E-state index contributed by atoms with van der Waals surface area (Å²) >= 11 is 0. The van der Waals surface area contributed by atoms with E-state index in [1.807, 2.05) is 0 Å². The predicted octanol–water partition coefficient (Wildman–Crippen LogP) is 0.287. The topological polar surface area (TPSA) is 52.6 Å². The average molecular weight is 198 g/mol. The van der Waals surface area contributed by atoms with Gasteiger partial charge in [-0.05, 0) is 32.4 Å². The SMILES string of the molecule is O=C(O)[C@@H]1C[C@@H](N2CCCCC2)CN1. The Hall–Kier alpha value is -0.610. The monoisotopic (exact) mass is 198 g/mol. The summed E-state index contributed by atoms with van der Waals surface area (Å²) in [7, 11) is 0. The summed E-state index contributed by atoms with van der Waals surface area (Å²) in [5.41, 5.74) is 0. The zero-order valence-corrected chi connectivity index (χ0v) is 8.41. The second kappa shape index (κ2) is 4.28. The lowest BCUT2D eigenvalue weighted by Crippen LogP contribution is -2.40. The van der Waals surface area contributed by atoms with Gasteiger partial charge >= 0.3 is 5.97 Å². The van der Waals surface area contributed by atoms with E-state index >= 15 is 0 Å². The fraction of sp³-hybridized carbons (Fsp3) is 0.900. The van der Waals surface area contributed by atoms with Crippen molar-refractivity contribution in [2.24, 2.45) is 0 Å². The summed E-state index contributed by atoms with van der Waals surface area (Å²) < 4.78 is 0. The van der Waals surface area contributed by atoms with Gasteiger partial charge in [0.15, 0.2) is 0 Å². The molecule has 4 heteroatoms. The molecule has 0 aliphatic carbocycles. The van der Waals surface area contributed by atoms with Crippen LogP contribution in [-0.4, -0.2) is 47.7 Å². The third kappa shape index (κ3) is 2.07. The Labute approximate surface area is 84.3 Å². The van der Waals surface area contributed by atoms with Crippen molar-refractivity contribution in [2.45, 2.75) is 37.8 Å². The molecule has 2 fully saturated rings.